The van der Waals surface area contributed by atoms with Crippen molar-refractivity contribution in [3.63, 3.8) is 0 Å². The number of carbonyl (C=O) groups is 2. The van der Waals surface area contributed by atoms with Gasteiger partial charge < -0.3 is 9.47 Å². The first-order chi connectivity index (χ1) is 8.61. The second kappa shape index (κ2) is 8.27. The van der Waals surface area contributed by atoms with Gasteiger partial charge in [-0.15, -0.1) is 0 Å². The molecular weight excluding hydrogens is 236 g/mol. The smallest absolute Gasteiger partial charge is 0.359 e. The maximum atomic E-state index is 11.4. The van der Waals surface area contributed by atoms with Gasteiger partial charge in [0, 0.05) is 5.56 Å². The van der Waals surface area contributed by atoms with Crippen LogP contribution in [-0.4, -0.2) is 35.3 Å². The van der Waals surface area contributed by atoms with Crippen molar-refractivity contribution in [1.82, 2.24) is 10.2 Å². The molecule has 0 spiro atoms. The lowest BCUT2D eigenvalue weighted by atomic mass is 10.2. The Morgan fingerprint density at radius 2 is 1.61 bits per heavy atom. The van der Waals surface area contributed by atoms with Gasteiger partial charge in [0.1, 0.15) is 5.69 Å². The minimum Gasteiger partial charge on any atom is -0.461 e. The van der Waals surface area contributed by atoms with Crippen LogP contribution in [0.15, 0.2) is 0 Å². The molecule has 1 aromatic heterocycles. The summed E-state index contributed by atoms with van der Waals surface area (Å²) in [6, 6.07) is 0. The number of hydrogen-bond donors (Lipinski definition) is 1. The molecule has 0 aliphatic heterocycles. The van der Waals surface area contributed by atoms with Gasteiger partial charge in [-0.1, -0.05) is 13.8 Å². The fourth-order valence-corrected chi connectivity index (χ4v) is 1.20. The third-order valence-corrected chi connectivity index (χ3v) is 1.96. The number of esters is 2. The Bertz CT molecular complexity index is 363. The molecule has 0 aliphatic rings. The van der Waals surface area contributed by atoms with Gasteiger partial charge in [-0.25, -0.2) is 9.59 Å². The molecule has 102 valence electrons. The Morgan fingerprint density at radius 3 is 2.11 bits per heavy atom. The van der Waals surface area contributed by atoms with Gasteiger partial charge in [0.25, 0.3) is 0 Å². The summed E-state index contributed by atoms with van der Waals surface area (Å²) in [6.07, 6.45) is 0. The van der Waals surface area contributed by atoms with Crippen molar-refractivity contribution < 1.29 is 19.1 Å². The number of ether oxygens (including phenoxy) is 2. The third kappa shape index (κ3) is 3.87. The summed E-state index contributed by atoms with van der Waals surface area (Å²) in [4.78, 5) is 22.8. The number of aromatic amines is 1. The minimum absolute atomic E-state index is 0.116. The molecule has 1 aromatic rings. The van der Waals surface area contributed by atoms with Crippen molar-refractivity contribution in [3.8, 4) is 0 Å². The Labute approximate surface area is 107 Å². The van der Waals surface area contributed by atoms with Crippen LogP contribution in [0.25, 0.3) is 0 Å². The van der Waals surface area contributed by atoms with Crippen LogP contribution in [0.5, 0.6) is 0 Å². The molecule has 1 rings (SSSR count). The first-order valence-corrected chi connectivity index (χ1v) is 6.01. The second-order valence-electron chi connectivity index (χ2n) is 3.01. The summed E-state index contributed by atoms with van der Waals surface area (Å²) >= 11 is 0. The van der Waals surface area contributed by atoms with Crippen LogP contribution in [0, 0.1) is 6.92 Å². The van der Waals surface area contributed by atoms with Crippen molar-refractivity contribution in [1.29, 1.82) is 0 Å². The quantitative estimate of drug-likeness (QED) is 0.834. The Balaban J connectivity index is 0.00000137. The number of H-pyrrole nitrogens is 1. The van der Waals surface area contributed by atoms with E-state index >= 15 is 0 Å². The van der Waals surface area contributed by atoms with E-state index in [2.05, 4.69) is 10.2 Å². The van der Waals surface area contributed by atoms with Gasteiger partial charge in [0.15, 0.2) is 5.69 Å². The monoisotopic (exact) mass is 256 g/mol. The molecule has 1 N–H and O–H groups in total. The molecule has 18 heavy (non-hydrogen) atoms. The van der Waals surface area contributed by atoms with Crippen molar-refractivity contribution in [3.05, 3.63) is 17.0 Å². The highest BCUT2D eigenvalue weighted by Crippen LogP contribution is 2.12. The van der Waals surface area contributed by atoms with Gasteiger partial charge in [-0.2, -0.15) is 5.10 Å². The molecule has 0 aromatic carbocycles. The molecule has 0 bridgehead atoms. The lowest BCUT2D eigenvalue weighted by molar-refractivity contribution is 0.0513. The van der Waals surface area contributed by atoms with Gasteiger partial charge >= 0.3 is 11.9 Å². The normalized spacial score (nSPS) is 9.17. The summed E-state index contributed by atoms with van der Waals surface area (Å²) in [6.45, 7) is 9.55. The fraction of sp³-hybridized carbons (Fsp3) is 0.583. The first-order valence-electron chi connectivity index (χ1n) is 6.01. The van der Waals surface area contributed by atoms with Crippen LogP contribution in [0.2, 0.25) is 0 Å². The average molecular weight is 256 g/mol. The number of aromatic nitrogens is 2. The maximum absolute atomic E-state index is 11.4. The number of carbonyl (C=O) groups excluding carboxylic acids is 2. The van der Waals surface area contributed by atoms with E-state index in [1.54, 1.807) is 20.8 Å². The van der Waals surface area contributed by atoms with E-state index in [0.717, 1.165) is 0 Å². The number of nitrogens with one attached hydrogen (secondary N) is 1. The standard InChI is InChI=1S/C10H14N2O4.C2H6/c1-4-15-9(13)7-6(3)8(12-11-7)10(14)16-5-2;1-2/h4-5H2,1-3H3,(H,11,12);1-2H3. The Kier molecular flexibility index (Phi) is 7.42. The topological polar surface area (TPSA) is 81.3 Å². The highest BCUT2D eigenvalue weighted by Gasteiger charge is 2.21. The molecule has 1 heterocycles. The van der Waals surface area contributed by atoms with Crippen molar-refractivity contribution in [2.75, 3.05) is 13.2 Å². The summed E-state index contributed by atoms with van der Waals surface area (Å²) in [7, 11) is 0. The molecule has 0 unspecified atom stereocenters. The zero-order valence-electron chi connectivity index (χ0n) is 11.5. The summed E-state index contributed by atoms with van der Waals surface area (Å²) < 4.78 is 9.59. The number of hydrogen-bond acceptors (Lipinski definition) is 5. The Hall–Kier alpha value is -1.85. The lowest BCUT2D eigenvalue weighted by Crippen LogP contribution is -2.09. The summed E-state index contributed by atoms with van der Waals surface area (Å²) in [5, 5.41) is 6.21. The fourth-order valence-electron chi connectivity index (χ4n) is 1.20. The van der Waals surface area contributed by atoms with Crippen molar-refractivity contribution in [2.24, 2.45) is 0 Å². The highest BCUT2D eigenvalue weighted by molar-refractivity contribution is 5.95. The zero-order valence-corrected chi connectivity index (χ0v) is 11.5. The molecule has 0 saturated carbocycles. The van der Waals surface area contributed by atoms with Crippen LogP contribution >= 0.6 is 0 Å². The lowest BCUT2D eigenvalue weighted by Gasteiger charge is -2.00. The number of rotatable bonds is 4. The predicted octanol–water partition coefficient (Wildman–Crippen LogP) is 2.10. The van der Waals surface area contributed by atoms with Gasteiger partial charge in [0.05, 0.1) is 13.2 Å². The van der Waals surface area contributed by atoms with Crippen LogP contribution < -0.4 is 0 Å². The molecule has 0 radical (unpaired) electrons. The summed E-state index contributed by atoms with van der Waals surface area (Å²) in [5.74, 6) is -1.07. The van der Waals surface area contributed by atoms with E-state index in [0.29, 0.717) is 5.56 Å². The zero-order chi connectivity index (χ0) is 14.1. The maximum Gasteiger partial charge on any atom is 0.359 e. The van der Waals surface area contributed by atoms with Crippen LogP contribution in [0.3, 0.4) is 0 Å². The van der Waals surface area contributed by atoms with E-state index in [4.69, 9.17) is 9.47 Å². The van der Waals surface area contributed by atoms with Gasteiger partial charge in [0.2, 0.25) is 0 Å². The van der Waals surface area contributed by atoms with Gasteiger partial charge in [-0.3, -0.25) is 5.10 Å². The minimum atomic E-state index is -0.549. The van der Waals surface area contributed by atoms with E-state index in [1.165, 1.54) is 0 Å². The molecule has 0 atom stereocenters. The molecule has 6 heteroatoms. The van der Waals surface area contributed by atoms with E-state index < -0.39 is 11.9 Å². The highest BCUT2D eigenvalue weighted by atomic mass is 16.5. The van der Waals surface area contributed by atoms with Gasteiger partial charge in [-0.05, 0) is 20.8 Å². The SMILES string of the molecule is CC.CCOC(=O)c1n[nH]c(C(=O)OCC)c1C. The van der Waals surface area contributed by atoms with Crippen molar-refractivity contribution >= 4 is 11.9 Å². The largest absolute Gasteiger partial charge is 0.461 e. The molecule has 0 fully saturated rings. The average Bonchev–Trinajstić information content (AvgIpc) is 2.74. The van der Waals surface area contributed by atoms with Crippen LogP contribution in [0.4, 0.5) is 0 Å². The number of nitrogens with zero attached hydrogens (tertiary/aromatic N) is 1. The predicted molar refractivity (Wildman–Crippen MR) is 66.6 cm³/mol. The molecule has 0 amide bonds. The Morgan fingerprint density at radius 1 is 1.11 bits per heavy atom. The molecule has 0 saturated heterocycles. The summed E-state index contributed by atoms with van der Waals surface area (Å²) in [5.41, 5.74) is 0.742. The van der Waals surface area contributed by atoms with Crippen LogP contribution in [0.1, 0.15) is 54.2 Å². The first kappa shape index (κ1) is 16.1. The van der Waals surface area contributed by atoms with E-state index in [-0.39, 0.29) is 24.6 Å². The van der Waals surface area contributed by atoms with E-state index in [1.807, 2.05) is 13.8 Å². The molecular formula is C12H20N2O4. The van der Waals surface area contributed by atoms with Crippen LogP contribution in [-0.2, 0) is 9.47 Å². The second-order valence-corrected chi connectivity index (χ2v) is 3.01. The van der Waals surface area contributed by atoms with E-state index in [9.17, 15) is 9.59 Å². The molecule has 6 nitrogen and oxygen atoms in total. The third-order valence-electron chi connectivity index (χ3n) is 1.96. The molecule has 0 aliphatic carbocycles. The van der Waals surface area contributed by atoms with Crippen molar-refractivity contribution in [2.45, 2.75) is 34.6 Å².